The van der Waals surface area contributed by atoms with Gasteiger partial charge in [0.25, 0.3) is 0 Å². The molecule has 5 heteroatoms. The van der Waals surface area contributed by atoms with E-state index in [1.807, 2.05) is 24.3 Å². The van der Waals surface area contributed by atoms with Crippen LogP contribution in [0.25, 0.3) is 0 Å². The van der Waals surface area contributed by atoms with Crippen molar-refractivity contribution in [3.8, 4) is 0 Å². The van der Waals surface area contributed by atoms with Gasteiger partial charge in [-0.05, 0) is 88.2 Å². The van der Waals surface area contributed by atoms with Gasteiger partial charge in [-0.15, -0.1) is 0 Å². The van der Waals surface area contributed by atoms with Gasteiger partial charge in [-0.25, -0.2) is 0 Å². The standard InChI is InChI=1S/C41H68N2O3/c1-7-41(8-2)34-24-18-14-15-19-25-35(34)43-36(38(41)45)26-20-21-30-42-37(44)27-28-40(5,6)46-31-29-39(3,4)32-33-22-16-12-10-9-11-13-17-23-33/h14-15,18-19,24-25,33,36,43H,7-13,16-17,20-23,26-32H2,1-6H3,(H,42,44)/b15-14?,18-14-,19-15-,24-18?,25-19?,34-24?,35-25?. The van der Waals surface area contributed by atoms with Crippen LogP contribution in [-0.4, -0.2) is 36.5 Å². The van der Waals surface area contributed by atoms with Gasteiger partial charge >= 0.3 is 0 Å². The highest BCUT2D eigenvalue weighted by Crippen LogP contribution is 2.44. The first kappa shape index (κ1) is 38.3. The average molecular weight is 637 g/mol. The van der Waals surface area contributed by atoms with E-state index in [2.05, 4.69) is 64.3 Å². The van der Waals surface area contributed by atoms with Gasteiger partial charge in [0.2, 0.25) is 5.91 Å². The quantitative estimate of drug-likeness (QED) is 0.166. The molecule has 1 unspecified atom stereocenters. The summed E-state index contributed by atoms with van der Waals surface area (Å²) in [4.78, 5) is 26.4. The monoisotopic (exact) mass is 637 g/mol. The summed E-state index contributed by atoms with van der Waals surface area (Å²) in [5.74, 6) is 1.25. The SMILES string of the molecule is CCC1(CC)C(=O)C(CCCCNC(=O)CCC(C)(C)OCCC(C)(C)CC2CCCCCCCCC2)NC2=C/C=C\C=C/C=C21. The molecule has 0 spiro atoms. The molecular weight excluding hydrogens is 568 g/mol. The zero-order valence-electron chi connectivity index (χ0n) is 30.5. The van der Waals surface area contributed by atoms with Crippen LogP contribution in [0.5, 0.6) is 0 Å². The molecule has 2 aliphatic carbocycles. The van der Waals surface area contributed by atoms with Crippen LogP contribution in [0, 0.1) is 16.7 Å². The van der Waals surface area contributed by atoms with Crippen molar-refractivity contribution in [3.05, 3.63) is 47.7 Å². The molecule has 0 radical (unpaired) electrons. The van der Waals surface area contributed by atoms with Gasteiger partial charge in [-0.2, -0.15) is 0 Å². The maximum absolute atomic E-state index is 13.7. The molecule has 1 saturated heterocycles. The summed E-state index contributed by atoms with van der Waals surface area (Å²) in [6.45, 7) is 14.7. The number of nitrogens with one attached hydrogen (secondary N) is 2. The summed E-state index contributed by atoms with van der Waals surface area (Å²) >= 11 is 0. The number of amides is 1. The zero-order valence-corrected chi connectivity index (χ0v) is 30.5. The van der Waals surface area contributed by atoms with Gasteiger partial charge in [-0.1, -0.05) is 116 Å². The molecule has 2 N–H and O–H groups in total. The van der Waals surface area contributed by atoms with Gasteiger partial charge in [0.05, 0.1) is 17.1 Å². The second kappa shape index (κ2) is 19.0. The second-order valence-corrected chi connectivity index (χ2v) is 15.8. The lowest BCUT2D eigenvalue weighted by atomic mass is 9.65. The molecule has 3 aliphatic rings. The van der Waals surface area contributed by atoms with E-state index in [1.54, 1.807) is 0 Å². The maximum atomic E-state index is 13.7. The molecule has 260 valence electrons. The molecule has 0 aromatic carbocycles. The maximum Gasteiger partial charge on any atom is 0.220 e. The second-order valence-electron chi connectivity index (χ2n) is 15.8. The highest BCUT2D eigenvalue weighted by atomic mass is 16.5. The minimum absolute atomic E-state index is 0.0881. The van der Waals surface area contributed by atoms with Crippen LogP contribution >= 0.6 is 0 Å². The van der Waals surface area contributed by atoms with Crippen molar-refractivity contribution in [2.75, 3.05) is 13.2 Å². The number of hydrogen-bond donors (Lipinski definition) is 2. The van der Waals surface area contributed by atoms with E-state index in [0.29, 0.717) is 25.2 Å². The lowest BCUT2D eigenvalue weighted by molar-refractivity contribution is -0.130. The highest BCUT2D eigenvalue weighted by Gasteiger charge is 2.46. The molecule has 1 heterocycles. The van der Waals surface area contributed by atoms with Crippen molar-refractivity contribution in [1.29, 1.82) is 0 Å². The Balaban J connectivity index is 1.34. The van der Waals surface area contributed by atoms with Crippen LogP contribution in [0.4, 0.5) is 0 Å². The Kier molecular flexibility index (Phi) is 15.8. The van der Waals surface area contributed by atoms with E-state index in [4.69, 9.17) is 4.74 Å². The van der Waals surface area contributed by atoms with Crippen LogP contribution in [0.3, 0.4) is 0 Å². The molecule has 3 rings (SSSR count). The van der Waals surface area contributed by atoms with E-state index >= 15 is 0 Å². The molecule has 1 atom stereocenters. The van der Waals surface area contributed by atoms with Crippen molar-refractivity contribution >= 4 is 11.7 Å². The first-order valence-electron chi connectivity index (χ1n) is 19.0. The summed E-state index contributed by atoms with van der Waals surface area (Å²) in [6, 6.07) is -0.190. The topological polar surface area (TPSA) is 67.4 Å². The fourth-order valence-electron chi connectivity index (χ4n) is 7.92. The zero-order chi connectivity index (χ0) is 33.5. The van der Waals surface area contributed by atoms with Gasteiger partial charge in [0, 0.05) is 25.3 Å². The third-order valence-corrected chi connectivity index (χ3v) is 11.0. The number of hydrogen-bond acceptors (Lipinski definition) is 4. The Morgan fingerprint density at radius 2 is 1.52 bits per heavy atom. The summed E-state index contributed by atoms with van der Waals surface area (Å²) in [5.41, 5.74) is 1.71. The van der Waals surface area contributed by atoms with Gasteiger partial charge in [0.1, 0.15) is 0 Å². The van der Waals surface area contributed by atoms with Gasteiger partial charge in [0.15, 0.2) is 5.78 Å². The van der Waals surface area contributed by atoms with Crippen LogP contribution in [0.15, 0.2) is 47.7 Å². The Morgan fingerprint density at radius 1 is 0.891 bits per heavy atom. The fraction of sp³-hybridized carbons (Fsp3) is 0.756. The van der Waals surface area contributed by atoms with E-state index in [9.17, 15) is 9.59 Å². The number of unbranched alkanes of at least 4 members (excludes halogenated alkanes) is 1. The molecular formula is C41H68N2O3. The lowest BCUT2D eigenvalue weighted by Crippen LogP contribution is -2.53. The Bertz CT molecular complexity index is 1070. The summed E-state index contributed by atoms with van der Waals surface area (Å²) < 4.78 is 6.36. The van der Waals surface area contributed by atoms with Crippen LogP contribution in [0.2, 0.25) is 0 Å². The summed E-state index contributed by atoms with van der Waals surface area (Å²) in [6.07, 6.45) is 32.7. The molecule has 1 amide bonds. The normalized spacial score (nSPS) is 22.7. The number of carbonyl (C=O) groups excluding carboxylic acids is 2. The Morgan fingerprint density at radius 3 is 2.17 bits per heavy atom. The molecule has 2 fully saturated rings. The number of Topliss-reactive ketones (excluding diaryl/α,β-unsaturated/α-hetero) is 1. The summed E-state index contributed by atoms with van der Waals surface area (Å²) in [7, 11) is 0. The van der Waals surface area contributed by atoms with Crippen molar-refractivity contribution < 1.29 is 14.3 Å². The minimum Gasteiger partial charge on any atom is -0.376 e. The molecule has 5 nitrogen and oxygen atoms in total. The van der Waals surface area contributed by atoms with Crippen molar-refractivity contribution in [2.45, 2.75) is 169 Å². The first-order chi connectivity index (χ1) is 22.0. The van der Waals surface area contributed by atoms with Gasteiger partial charge < -0.3 is 15.4 Å². The predicted molar refractivity (Wildman–Crippen MR) is 194 cm³/mol. The number of ether oxygens (including phenoxy) is 1. The Hall–Kier alpha value is -2.14. The number of piperidine rings is 1. The van der Waals surface area contributed by atoms with Crippen LogP contribution in [-0.2, 0) is 14.3 Å². The molecule has 0 aromatic rings. The molecule has 0 aromatic heterocycles. The van der Waals surface area contributed by atoms with Crippen molar-refractivity contribution in [3.63, 3.8) is 0 Å². The van der Waals surface area contributed by atoms with Gasteiger partial charge in [-0.3, -0.25) is 9.59 Å². The number of carbonyl (C=O) groups is 2. The van der Waals surface area contributed by atoms with Crippen molar-refractivity contribution in [1.82, 2.24) is 10.6 Å². The van der Waals surface area contributed by atoms with E-state index in [0.717, 1.165) is 62.3 Å². The average Bonchev–Trinajstić information content (AvgIpc) is 3.00. The van der Waals surface area contributed by atoms with E-state index in [-0.39, 0.29) is 23.0 Å². The Labute approximate surface area is 282 Å². The molecule has 0 bridgehead atoms. The fourth-order valence-corrected chi connectivity index (χ4v) is 7.92. The number of fused-ring (bicyclic) bond motifs is 1. The smallest absolute Gasteiger partial charge is 0.220 e. The minimum atomic E-state index is -0.441. The number of allylic oxidation sites excluding steroid dienone is 7. The summed E-state index contributed by atoms with van der Waals surface area (Å²) in [5, 5.41) is 6.65. The molecule has 1 aliphatic heterocycles. The predicted octanol–water partition coefficient (Wildman–Crippen LogP) is 10.1. The number of rotatable bonds is 16. The van der Waals surface area contributed by atoms with Crippen LogP contribution < -0.4 is 10.6 Å². The van der Waals surface area contributed by atoms with E-state index < -0.39 is 5.41 Å². The third-order valence-electron chi connectivity index (χ3n) is 11.0. The lowest BCUT2D eigenvalue weighted by Gasteiger charge is -2.43. The van der Waals surface area contributed by atoms with Crippen molar-refractivity contribution in [2.24, 2.45) is 16.7 Å². The van der Waals surface area contributed by atoms with Crippen LogP contribution in [0.1, 0.15) is 157 Å². The van der Waals surface area contributed by atoms with E-state index in [1.165, 1.54) is 64.2 Å². The molecule has 46 heavy (non-hydrogen) atoms. The third kappa shape index (κ3) is 12.1. The first-order valence-corrected chi connectivity index (χ1v) is 19.0. The molecule has 1 saturated carbocycles. The largest absolute Gasteiger partial charge is 0.376 e. The number of ketones is 1. The highest BCUT2D eigenvalue weighted by molar-refractivity contribution is 5.95.